The van der Waals surface area contributed by atoms with E-state index in [1.807, 2.05) is 0 Å². The van der Waals surface area contributed by atoms with E-state index in [9.17, 15) is 0 Å². The lowest BCUT2D eigenvalue weighted by atomic mass is 9.96. The Kier molecular flexibility index (Phi) is 7.47. The van der Waals surface area contributed by atoms with Crippen LogP contribution in [0.5, 0.6) is 0 Å². The number of nitrogens with two attached hydrogens (primary N) is 1. The molecule has 7 heteroatoms. The summed E-state index contributed by atoms with van der Waals surface area (Å²) in [6, 6.07) is 18.3. The van der Waals surface area contributed by atoms with Gasteiger partial charge in [-0.1, -0.05) is 43.3 Å². The summed E-state index contributed by atoms with van der Waals surface area (Å²) >= 11 is 1.70. The van der Waals surface area contributed by atoms with Crippen LogP contribution < -0.4 is 5.73 Å². The second-order valence-electron chi connectivity index (χ2n) is 10.7. The van der Waals surface area contributed by atoms with Crippen molar-refractivity contribution >= 4 is 38.3 Å². The van der Waals surface area contributed by atoms with Crippen LogP contribution in [0.3, 0.4) is 0 Å². The number of benzene rings is 2. The van der Waals surface area contributed by atoms with Crippen molar-refractivity contribution in [2.45, 2.75) is 45.2 Å². The Labute approximate surface area is 224 Å². The Hall–Kier alpha value is -2.45. The Morgan fingerprint density at radius 1 is 0.892 bits per heavy atom. The van der Waals surface area contributed by atoms with E-state index >= 15 is 0 Å². The Balaban J connectivity index is 1.01. The first kappa shape index (κ1) is 24.9. The number of thiazole rings is 1. The molecule has 1 aliphatic heterocycles. The number of hydrogen-bond acceptors (Lipinski definition) is 6. The number of rotatable bonds is 9. The van der Waals surface area contributed by atoms with Crippen molar-refractivity contribution in [3.63, 3.8) is 0 Å². The first-order valence-electron chi connectivity index (χ1n) is 14.1. The number of para-hydroxylation sites is 2. The van der Waals surface area contributed by atoms with Crippen LogP contribution in [-0.2, 0) is 19.4 Å². The van der Waals surface area contributed by atoms with Crippen molar-refractivity contribution < 1.29 is 0 Å². The maximum Gasteiger partial charge on any atom is 0.180 e. The number of nitrogen functional groups attached to an aromatic ring is 1. The molecule has 1 saturated heterocycles. The smallest absolute Gasteiger partial charge is 0.180 e. The molecule has 0 saturated carbocycles. The molecule has 1 aliphatic carbocycles. The molecule has 37 heavy (non-hydrogen) atoms. The fourth-order valence-corrected chi connectivity index (χ4v) is 7.39. The van der Waals surface area contributed by atoms with Crippen molar-refractivity contribution in [1.29, 1.82) is 0 Å². The molecule has 0 radical (unpaired) electrons. The predicted molar refractivity (Wildman–Crippen MR) is 157 cm³/mol. The zero-order valence-corrected chi connectivity index (χ0v) is 22.9. The Morgan fingerprint density at radius 3 is 2.22 bits per heavy atom. The molecule has 1 atom stereocenters. The van der Waals surface area contributed by atoms with E-state index < -0.39 is 0 Å². The van der Waals surface area contributed by atoms with Crippen molar-refractivity contribution in [2.75, 3.05) is 58.1 Å². The van der Waals surface area contributed by atoms with Crippen LogP contribution in [0.4, 0.5) is 5.13 Å². The lowest BCUT2D eigenvalue weighted by Crippen LogP contribution is -2.50. The van der Waals surface area contributed by atoms with Crippen molar-refractivity contribution in [2.24, 2.45) is 0 Å². The molecule has 4 aromatic rings. The molecule has 2 aliphatic rings. The number of nitrogens with zero attached hydrogens (tertiary/aromatic N) is 5. The van der Waals surface area contributed by atoms with Crippen LogP contribution >= 0.6 is 11.3 Å². The van der Waals surface area contributed by atoms with Gasteiger partial charge in [0.2, 0.25) is 0 Å². The average Bonchev–Trinajstić information content (AvgIpc) is 3.46. The van der Waals surface area contributed by atoms with E-state index in [1.165, 1.54) is 77.9 Å². The number of aryl methyl sites for hydroxylation is 1. The summed E-state index contributed by atoms with van der Waals surface area (Å²) in [5.41, 5.74) is 9.95. The summed E-state index contributed by atoms with van der Waals surface area (Å²) in [5, 5.41) is 3.48. The van der Waals surface area contributed by atoms with Gasteiger partial charge in [-0.2, -0.15) is 0 Å². The fraction of sp³-hybridized carbons (Fsp3) is 0.500. The normalized spacial score (nSPS) is 19.2. The van der Waals surface area contributed by atoms with Crippen LogP contribution in [0.25, 0.3) is 21.8 Å². The Bertz CT molecular complexity index is 1280. The van der Waals surface area contributed by atoms with Crippen LogP contribution in [0.1, 0.15) is 30.3 Å². The lowest BCUT2D eigenvalue weighted by Gasteiger charge is -2.38. The standard InChI is InChI=1S/C30H40N6S/c1-2-13-35(23-11-12-26-29(22-23)37-30(31)32-26)20-18-33-14-16-34(17-15-33)19-21-36-27-9-5-3-7-24(27)25-8-4-6-10-28(25)36/h3-10,23H,2,11-22H2,1H3,(H2,31,32). The lowest BCUT2D eigenvalue weighted by molar-refractivity contribution is 0.102. The maximum atomic E-state index is 5.99. The number of fused-ring (bicyclic) bond motifs is 4. The van der Waals surface area contributed by atoms with E-state index in [0.717, 1.165) is 44.2 Å². The quantitative estimate of drug-likeness (QED) is 0.349. The number of piperazine rings is 1. The number of anilines is 1. The SMILES string of the molecule is CCCN(CCN1CCN(CCn2c3ccccc3c3ccccc32)CC1)C1CCc2nc(N)sc2C1. The summed E-state index contributed by atoms with van der Waals surface area (Å²) in [7, 11) is 0. The van der Waals surface area contributed by atoms with Crippen molar-refractivity contribution in [3.05, 3.63) is 59.1 Å². The molecular weight excluding hydrogens is 476 g/mol. The molecule has 196 valence electrons. The minimum Gasteiger partial charge on any atom is -0.375 e. The second kappa shape index (κ2) is 11.1. The molecule has 0 spiro atoms. The van der Waals surface area contributed by atoms with Crippen LogP contribution in [0.2, 0.25) is 0 Å². The van der Waals surface area contributed by atoms with Gasteiger partial charge in [-0.3, -0.25) is 14.7 Å². The predicted octanol–water partition coefficient (Wildman–Crippen LogP) is 4.72. The number of hydrogen-bond donors (Lipinski definition) is 1. The summed E-state index contributed by atoms with van der Waals surface area (Å²) in [6.07, 6.45) is 4.64. The van der Waals surface area contributed by atoms with Gasteiger partial charge in [0, 0.05) is 85.1 Å². The van der Waals surface area contributed by atoms with Gasteiger partial charge >= 0.3 is 0 Å². The molecule has 2 N–H and O–H groups in total. The van der Waals surface area contributed by atoms with E-state index in [4.69, 9.17) is 5.73 Å². The highest BCUT2D eigenvalue weighted by molar-refractivity contribution is 7.15. The van der Waals surface area contributed by atoms with E-state index in [-0.39, 0.29) is 0 Å². The van der Waals surface area contributed by atoms with Gasteiger partial charge in [0.1, 0.15) is 0 Å². The van der Waals surface area contributed by atoms with Gasteiger partial charge in [0.05, 0.1) is 5.69 Å². The van der Waals surface area contributed by atoms with Crippen molar-refractivity contribution in [3.8, 4) is 0 Å². The molecule has 2 aromatic carbocycles. The third-order valence-electron chi connectivity index (χ3n) is 8.45. The van der Waals surface area contributed by atoms with Crippen LogP contribution in [0, 0.1) is 0 Å². The number of aromatic nitrogens is 2. The summed E-state index contributed by atoms with van der Waals surface area (Å²) < 4.78 is 2.52. The van der Waals surface area contributed by atoms with Crippen LogP contribution in [0.15, 0.2) is 48.5 Å². The third-order valence-corrected chi connectivity index (χ3v) is 9.39. The fourth-order valence-electron chi connectivity index (χ4n) is 6.45. The topological polar surface area (TPSA) is 53.6 Å². The van der Waals surface area contributed by atoms with Gasteiger partial charge in [0.15, 0.2) is 5.13 Å². The van der Waals surface area contributed by atoms with Gasteiger partial charge < -0.3 is 10.3 Å². The van der Waals surface area contributed by atoms with Gasteiger partial charge in [-0.05, 0) is 44.4 Å². The molecule has 2 aromatic heterocycles. The Morgan fingerprint density at radius 2 is 1.54 bits per heavy atom. The summed E-state index contributed by atoms with van der Waals surface area (Å²) in [6.45, 7) is 12.7. The van der Waals surface area contributed by atoms with Gasteiger partial charge in [-0.25, -0.2) is 4.98 Å². The zero-order valence-electron chi connectivity index (χ0n) is 22.1. The maximum absolute atomic E-state index is 5.99. The zero-order chi connectivity index (χ0) is 25.2. The minimum absolute atomic E-state index is 0.639. The van der Waals surface area contributed by atoms with Crippen LogP contribution in [-0.4, -0.2) is 82.7 Å². The second-order valence-corrected chi connectivity index (χ2v) is 11.8. The average molecular weight is 517 g/mol. The summed E-state index contributed by atoms with van der Waals surface area (Å²) in [5.74, 6) is 0. The van der Waals surface area contributed by atoms with E-state index in [0.29, 0.717) is 6.04 Å². The monoisotopic (exact) mass is 516 g/mol. The van der Waals surface area contributed by atoms with E-state index in [1.54, 1.807) is 11.3 Å². The highest BCUT2D eigenvalue weighted by Crippen LogP contribution is 2.31. The first-order chi connectivity index (χ1) is 18.2. The molecular formula is C30H40N6S. The van der Waals surface area contributed by atoms with Gasteiger partial charge in [-0.15, -0.1) is 11.3 Å². The molecule has 6 nitrogen and oxygen atoms in total. The minimum atomic E-state index is 0.639. The highest BCUT2D eigenvalue weighted by atomic mass is 32.1. The molecule has 3 heterocycles. The van der Waals surface area contributed by atoms with Crippen molar-refractivity contribution in [1.82, 2.24) is 24.3 Å². The largest absolute Gasteiger partial charge is 0.375 e. The molecule has 6 rings (SSSR count). The van der Waals surface area contributed by atoms with E-state index in [2.05, 4.69) is 79.7 Å². The third kappa shape index (κ3) is 5.28. The molecule has 1 unspecified atom stereocenters. The molecule has 1 fully saturated rings. The first-order valence-corrected chi connectivity index (χ1v) is 14.9. The molecule has 0 amide bonds. The highest BCUT2D eigenvalue weighted by Gasteiger charge is 2.27. The molecule has 0 bridgehead atoms. The summed E-state index contributed by atoms with van der Waals surface area (Å²) in [4.78, 5) is 14.0. The van der Waals surface area contributed by atoms with Gasteiger partial charge in [0.25, 0.3) is 0 Å².